The van der Waals surface area contributed by atoms with Gasteiger partial charge in [-0.25, -0.2) is 4.79 Å². The van der Waals surface area contributed by atoms with E-state index >= 15 is 0 Å². The molecule has 0 spiro atoms. The Morgan fingerprint density at radius 3 is 1.53 bits per heavy atom. The molecule has 26 heteroatoms. The van der Waals surface area contributed by atoms with Crippen LogP contribution in [0.2, 0.25) is 0 Å². The molecule has 2 saturated carbocycles. The highest BCUT2D eigenvalue weighted by molar-refractivity contribution is 7.99. The van der Waals surface area contributed by atoms with Gasteiger partial charge in [0.2, 0.25) is 23.5 Å². The van der Waals surface area contributed by atoms with Crippen molar-refractivity contribution in [3.63, 3.8) is 0 Å². The second-order valence-corrected chi connectivity index (χ2v) is 26.9. The van der Waals surface area contributed by atoms with Crippen molar-refractivity contribution in [1.82, 2.24) is 26.6 Å². The van der Waals surface area contributed by atoms with Crippen LogP contribution in [0.5, 0.6) is 0 Å². The van der Waals surface area contributed by atoms with Crippen molar-refractivity contribution in [1.29, 1.82) is 0 Å². The molecule has 2 aromatic carbocycles. The zero-order valence-electron chi connectivity index (χ0n) is 52.5. The molecule has 0 radical (unpaired) electrons. The average molecular weight is 1320 g/mol. The van der Waals surface area contributed by atoms with Crippen LogP contribution in [-0.4, -0.2) is 212 Å². The van der Waals surface area contributed by atoms with Gasteiger partial charge in [-0.3, -0.25) is 33.6 Å². The lowest BCUT2D eigenvalue weighted by atomic mass is 9.84. The highest BCUT2D eigenvalue weighted by Crippen LogP contribution is 2.37. The number of carboxylic acids is 1. The van der Waals surface area contributed by atoms with Crippen LogP contribution in [0.1, 0.15) is 186 Å². The molecule has 5 amide bonds. The van der Waals surface area contributed by atoms with E-state index < -0.39 is 122 Å². The fraction of sp³-hybridized carbons (Fsp3) is 0.692. The number of aliphatic carboxylic acids is 1. The van der Waals surface area contributed by atoms with Gasteiger partial charge in [-0.2, -0.15) is 23.5 Å². The monoisotopic (exact) mass is 1320 g/mol. The van der Waals surface area contributed by atoms with Crippen LogP contribution in [0.25, 0.3) is 0 Å². The summed E-state index contributed by atoms with van der Waals surface area (Å²) in [6, 6.07) is 12.0. The lowest BCUT2D eigenvalue weighted by Crippen LogP contribution is -2.68. The Bertz CT molecular complexity index is 2630. The van der Waals surface area contributed by atoms with E-state index in [1.807, 2.05) is 24.3 Å². The number of benzene rings is 2. The lowest BCUT2D eigenvalue weighted by Gasteiger charge is -2.46. The zero-order chi connectivity index (χ0) is 65.9. The molecular weight excluding hydrogens is 1220 g/mol. The first-order valence-corrected chi connectivity index (χ1v) is 34.6. The Hall–Kier alpha value is -5.10. The molecule has 2 heterocycles. The maximum atomic E-state index is 13.0. The van der Waals surface area contributed by atoms with Gasteiger partial charge in [-0.15, -0.1) is 0 Å². The largest absolute Gasteiger partial charge is 0.477 e. The summed E-state index contributed by atoms with van der Waals surface area (Å²) in [5.41, 5.74) is 3.06. The number of ketones is 1. The van der Waals surface area contributed by atoms with E-state index in [1.54, 1.807) is 24.3 Å². The number of ether oxygens (including phenoxy) is 4. The Morgan fingerprint density at radius 2 is 1.03 bits per heavy atom. The lowest BCUT2D eigenvalue weighted by molar-refractivity contribution is -0.310. The number of Topliss-reactive ketones (excluding diaryl/α,β-unsaturated/α-hetero) is 1. The quantitative estimate of drug-likeness (QED) is 0.0337. The predicted octanol–water partition coefficient (Wildman–Crippen LogP) is 3.68. The van der Waals surface area contributed by atoms with Crippen LogP contribution in [0.15, 0.2) is 48.5 Å². The third-order valence-corrected chi connectivity index (χ3v) is 19.5. The van der Waals surface area contributed by atoms with E-state index in [0.29, 0.717) is 104 Å². The number of aldehydes is 1. The van der Waals surface area contributed by atoms with Crippen molar-refractivity contribution < 1.29 is 93.0 Å². The van der Waals surface area contributed by atoms with E-state index in [1.165, 1.54) is 81.5 Å². The fourth-order valence-electron chi connectivity index (χ4n) is 12.3. The standard InChI is InChI=1S/C65H97N5O19S2/c1-41(72)69-55-50(75)36-64(40-71,88-59(55)57(80)52(77)38-67-61(82)47-25-21-45(22-26-47)43-14-5-3-6-15-43)86-30-12-34-91-35-29-66-54(79)20-10-9-18-49(74)19-11-32-90-33-13-31-87-65(63(84)85)37-51(76)56(70-42(2)73)60(89-65)58(81)53(78)39-68-62(83)48-27-23-46(24-28-48)44-16-7-4-8-17-44/h21-28,40,43-44,50-53,55-60,75-78,80-81H,3-20,29-39H2,1-2H3,(H,66,79)(H,67,82)(H,68,83)(H,69,72)(H,70,73)(H,84,85)/t50-,51-,52+,53-,55+,56+,57+,58+,59+,60+,64+,65+/m0/s1. The Balaban J connectivity index is 0.800. The predicted molar refractivity (Wildman–Crippen MR) is 340 cm³/mol. The van der Waals surface area contributed by atoms with Crippen LogP contribution in [0.3, 0.4) is 0 Å². The van der Waals surface area contributed by atoms with E-state index in [0.717, 1.165) is 31.2 Å². The van der Waals surface area contributed by atoms with Crippen molar-refractivity contribution in [2.75, 3.05) is 55.9 Å². The minimum Gasteiger partial charge on any atom is -0.477 e. The molecule has 508 valence electrons. The molecule has 2 aliphatic carbocycles. The maximum absolute atomic E-state index is 13.0. The van der Waals surface area contributed by atoms with E-state index in [9.17, 15) is 74.1 Å². The average Bonchev–Trinajstić information content (AvgIpc) is 0.817. The molecule has 24 nitrogen and oxygen atoms in total. The second-order valence-electron chi connectivity index (χ2n) is 24.4. The molecule has 2 aliphatic heterocycles. The minimum atomic E-state index is -2.44. The van der Waals surface area contributed by atoms with Crippen molar-refractivity contribution in [2.45, 2.75) is 227 Å². The number of aliphatic hydroxyl groups is 6. The first-order chi connectivity index (χ1) is 43.6. The number of rotatable bonds is 38. The molecule has 6 rings (SSSR count). The number of amides is 5. The van der Waals surface area contributed by atoms with Crippen molar-refractivity contribution >= 4 is 71.1 Å². The van der Waals surface area contributed by atoms with E-state index in [-0.39, 0.29) is 37.7 Å². The number of unbranched alkanes of at least 4 members (excludes halogenated alkanes) is 1. The SMILES string of the molecule is CC(=O)N[C@H]1[C@H]([C@H](O)[C@H](O)CNC(=O)c2ccc(C3CCCCC3)cc2)O[C@](C=O)(OCCCSCCNC(=O)CCCCC(=O)CCCSCCCO[C@]2(C(=O)O)C[C@H](O)[C@@H](NC(C)=O)[C@H]([C@H](O)[C@@H](O)CNC(=O)c3ccc(C4CCCCC4)cc3)O2)C[C@@H]1O. The van der Waals surface area contributed by atoms with Gasteiger partial charge in [0.05, 0.1) is 49.7 Å². The van der Waals surface area contributed by atoms with Crippen molar-refractivity contribution in [3.05, 3.63) is 70.8 Å². The summed E-state index contributed by atoms with van der Waals surface area (Å²) < 4.78 is 23.5. The fourth-order valence-corrected chi connectivity index (χ4v) is 13.9. The summed E-state index contributed by atoms with van der Waals surface area (Å²) in [6.45, 7) is 1.81. The van der Waals surface area contributed by atoms with Gasteiger partial charge in [0.15, 0.2) is 6.29 Å². The summed E-state index contributed by atoms with van der Waals surface area (Å²) in [5, 5.41) is 90.3. The number of carboxylic acid groups (broad SMARTS) is 1. The number of hydrogen-bond acceptors (Lipinski definition) is 20. The molecule has 0 unspecified atom stereocenters. The molecular formula is C65H97N5O19S2. The number of carbonyl (C=O) groups excluding carboxylic acids is 7. The minimum absolute atomic E-state index is 0.0142. The molecule has 2 saturated heterocycles. The Labute approximate surface area is 541 Å². The van der Waals surface area contributed by atoms with Gasteiger partial charge < -0.3 is 81.3 Å². The van der Waals surface area contributed by atoms with E-state index in [4.69, 9.17) is 18.9 Å². The smallest absolute Gasteiger partial charge is 0.364 e. The van der Waals surface area contributed by atoms with Crippen LogP contribution in [0, 0.1) is 0 Å². The molecule has 12 atom stereocenters. The summed E-state index contributed by atoms with van der Waals surface area (Å²) in [5.74, 6) is -4.99. The highest BCUT2D eigenvalue weighted by Gasteiger charge is 2.56. The number of thioether (sulfide) groups is 2. The molecule has 91 heavy (non-hydrogen) atoms. The van der Waals surface area contributed by atoms with Crippen molar-refractivity contribution in [2.24, 2.45) is 0 Å². The molecule has 0 bridgehead atoms. The Morgan fingerprint density at radius 1 is 0.582 bits per heavy atom. The number of carbonyl (C=O) groups is 8. The third kappa shape index (κ3) is 23.7. The van der Waals surface area contributed by atoms with Crippen LogP contribution in [0.4, 0.5) is 0 Å². The van der Waals surface area contributed by atoms with Crippen molar-refractivity contribution in [3.8, 4) is 0 Å². The molecule has 12 N–H and O–H groups in total. The summed E-state index contributed by atoms with van der Waals surface area (Å²) in [4.78, 5) is 101. The Kier molecular flexibility index (Phi) is 31.5. The first-order valence-electron chi connectivity index (χ1n) is 32.3. The van der Waals surface area contributed by atoms with Gasteiger partial charge in [-0.05, 0) is 122 Å². The van der Waals surface area contributed by atoms with Gasteiger partial charge in [0.1, 0.15) is 30.2 Å². The van der Waals surface area contributed by atoms with Crippen LogP contribution >= 0.6 is 23.5 Å². The van der Waals surface area contributed by atoms with Crippen LogP contribution in [-0.2, 0) is 47.7 Å². The van der Waals surface area contributed by atoms with Gasteiger partial charge in [0.25, 0.3) is 17.6 Å². The molecule has 0 aromatic heterocycles. The molecule has 4 aliphatic rings. The number of hydrogen-bond donors (Lipinski definition) is 12. The summed E-state index contributed by atoms with van der Waals surface area (Å²) in [7, 11) is 0. The topological polar surface area (TPSA) is 375 Å². The number of aliphatic hydroxyl groups excluding tert-OH is 6. The zero-order valence-corrected chi connectivity index (χ0v) is 54.1. The summed E-state index contributed by atoms with van der Waals surface area (Å²) >= 11 is 3.06. The normalized spacial score (nSPS) is 25.2. The number of nitrogens with one attached hydrogen (secondary N) is 5. The maximum Gasteiger partial charge on any atom is 0.364 e. The first kappa shape index (κ1) is 74.9. The second kappa shape index (κ2) is 38.3. The highest BCUT2D eigenvalue weighted by atomic mass is 32.2. The molecule has 4 fully saturated rings. The molecule has 2 aromatic rings. The van der Waals surface area contributed by atoms with Gasteiger partial charge in [-0.1, -0.05) is 62.8 Å². The van der Waals surface area contributed by atoms with Gasteiger partial charge >= 0.3 is 5.97 Å². The summed E-state index contributed by atoms with van der Waals surface area (Å²) in [6.07, 6.45) is 1.25. The van der Waals surface area contributed by atoms with Crippen LogP contribution < -0.4 is 26.6 Å². The third-order valence-electron chi connectivity index (χ3n) is 17.3. The van der Waals surface area contributed by atoms with Gasteiger partial charge in [0, 0.05) is 82.5 Å². The van der Waals surface area contributed by atoms with E-state index in [2.05, 4.69) is 26.6 Å².